The van der Waals surface area contributed by atoms with Gasteiger partial charge in [-0.2, -0.15) is 0 Å². The Morgan fingerprint density at radius 2 is 2.33 bits per heavy atom. The van der Waals surface area contributed by atoms with Gasteiger partial charge in [0.25, 0.3) is 5.91 Å². The van der Waals surface area contributed by atoms with Crippen LogP contribution in [-0.2, 0) is 6.54 Å². The molecule has 18 heavy (non-hydrogen) atoms. The van der Waals surface area contributed by atoms with Gasteiger partial charge < -0.3 is 5.32 Å². The van der Waals surface area contributed by atoms with Crippen LogP contribution in [0.3, 0.4) is 0 Å². The van der Waals surface area contributed by atoms with Crippen molar-refractivity contribution in [3.05, 3.63) is 45.7 Å². The van der Waals surface area contributed by atoms with Gasteiger partial charge >= 0.3 is 0 Å². The SMILES string of the molecule is O=C(NCCn1ccnn1)c1cc(Br)ccc1Cl. The van der Waals surface area contributed by atoms with Crippen LogP contribution >= 0.6 is 27.5 Å². The first kappa shape index (κ1) is 13.0. The van der Waals surface area contributed by atoms with Crippen LogP contribution in [0, 0.1) is 0 Å². The van der Waals surface area contributed by atoms with Crippen LogP contribution in [0.25, 0.3) is 0 Å². The van der Waals surface area contributed by atoms with Crippen LogP contribution in [0.1, 0.15) is 10.4 Å². The standard InChI is InChI=1S/C11H10BrClN4O/c12-8-1-2-10(13)9(7-8)11(18)14-3-5-17-6-4-15-16-17/h1-2,4,6-7H,3,5H2,(H,14,18). The van der Waals surface area contributed by atoms with Crippen molar-refractivity contribution in [2.75, 3.05) is 6.54 Å². The van der Waals surface area contributed by atoms with E-state index in [4.69, 9.17) is 11.6 Å². The Hall–Kier alpha value is -1.40. The van der Waals surface area contributed by atoms with Crippen LogP contribution in [0.5, 0.6) is 0 Å². The Morgan fingerprint density at radius 3 is 3.06 bits per heavy atom. The van der Waals surface area contributed by atoms with E-state index in [1.165, 1.54) is 0 Å². The highest BCUT2D eigenvalue weighted by Crippen LogP contribution is 2.20. The zero-order valence-corrected chi connectivity index (χ0v) is 11.6. The number of hydrogen-bond donors (Lipinski definition) is 1. The maximum atomic E-state index is 11.9. The van der Waals surface area contributed by atoms with E-state index in [0.29, 0.717) is 23.7 Å². The summed E-state index contributed by atoms with van der Waals surface area (Å²) in [6.45, 7) is 1.03. The van der Waals surface area contributed by atoms with Crippen molar-refractivity contribution in [2.24, 2.45) is 0 Å². The first-order valence-electron chi connectivity index (χ1n) is 5.24. The molecule has 1 aromatic heterocycles. The molecule has 0 radical (unpaired) electrons. The van der Waals surface area contributed by atoms with Crippen molar-refractivity contribution < 1.29 is 4.79 Å². The van der Waals surface area contributed by atoms with Gasteiger partial charge in [0.2, 0.25) is 0 Å². The van der Waals surface area contributed by atoms with Gasteiger partial charge in [0, 0.05) is 17.2 Å². The number of amides is 1. The smallest absolute Gasteiger partial charge is 0.252 e. The van der Waals surface area contributed by atoms with Crippen molar-refractivity contribution >= 4 is 33.4 Å². The maximum Gasteiger partial charge on any atom is 0.252 e. The summed E-state index contributed by atoms with van der Waals surface area (Å²) in [5.74, 6) is -0.207. The predicted molar refractivity (Wildman–Crippen MR) is 71.5 cm³/mol. The number of hydrogen-bond acceptors (Lipinski definition) is 3. The van der Waals surface area contributed by atoms with Crippen molar-refractivity contribution in [3.63, 3.8) is 0 Å². The minimum absolute atomic E-state index is 0.207. The van der Waals surface area contributed by atoms with Gasteiger partial charge in [0.05, 0.1) is 23.3 Å². The van der Waals surface area contributed by atoms with E-state index in [0.717, 1.165) is 4.47 Å². The minimum Gasteiger partial charge on any atom is -0.350 e. The lowest BCUT2D eigenvalue weighted by Crippen LogP contribution is -2.27. The normalized spacial score (nSPS) is 10.3. The van der Waals surface area contributed by atoms with Crippen molar-refractivity contribution in [2.45, 2.75) is 6.54 Å². The Morgan fingerprint density at radius 1 is 1.50 bits per heavy atom. The summed E-state index contributed by atoms with van der Waals surface area (Å²) in [4.78, 5) is 11.9. The van der Waals surface area contributed by atoms with E-state index in [2.05, 4.69) is 31.6 Å². The predicted octanol–water partition coefficient (Wildman–Crippen LogP) is 2.12. The van der Waals surface area contributed by atoms with Crippen LogP contribution < -0.4 is 5.32 Å². The minimum atomic E-state index is -0.207. The molecular weight excluding hydrogens is 320 g/mol. The van der Waals surface area contributed by atoms with Gasteiger partial charge in [-0.1, -0.05) is 32.7 Å². The molecule has 0 aliphatic rings. The molecule has 0 unspecified atom stereocenters. The molecule has 1 aromatic carbocycles. The third kappa shape index (κ3) is 3.30. The molecule has 0 fully saturated rings. The summed E-state index contributed by atoms with van der Waals surface area (Å²) < 4.78 is 2.45. The quantitative estimate of drug-likeness (QED) is 0.935. The summed E-state index contributed by atoms with van der Waals surface area (Å²) in [5.41, 5.74) is 0.449. The molecule has 0 aliphatic heterocycles. The summed E-state index contributed by atoms with van der Waals surface area (Å²) in [5, 5.41) is 10.7. The van der Waals surface area contributed by atoms with Gasteiger partial charge in [-0.15, -0.1) is 5.10 Å². The number of nitrogens with zero attached hydrogens (tertiary/aromatic N) is 3. The van der Waals surface area contributed by atoms with Gasteiger partial charge in [0.1, 0.15) is 0 Å². The largest absolute Gasteiger partial charge is 0.350 e. The monoisotopic (exact) mass is 328 g/mol. The molecule has 0 atom stereocenters. The number of halogens is 2. The fourth-order valence-corrected chi connectivity index (χ4v) is 1.97. The Labute approximate surface area is 117 Å². The summed E-state index contributed by atoms with van der Waals surface area (Å²) in [7, 11) is 0. The van der Waals surface area contributed by atoms with Crippen molar-refractivity contribution in [1.29, 1.82) is 0 Å². The molecule has 0 saturated carbocycles. The number of rotatable bonds is 4. The second-order valence-electron chi connectivity index (χ2n) is 3.55. The van der Waals surface area contributed by atoms with Gasteiger partial charge in [-0.25, -0.2) is 0 Å². The van der Waals surface area contributed by atoms with Crippen LogP contribution in [0.4, 0.5) is 0 Å². The second kappa shape index (κ2) is 5.97. The molecule has 0 aliphatic carbocycles. The van der Waals surface area contributed by atoms with Gasteiger partial charge in [0.15, 0.2) is 0 Å². The molecule has 7 heteroatoms. The summed E-state index contributed by atoms with van der Waals surface area (Å²) >= 11 is 9.26. The average Bonchev–Trinajstić information content (AvgIpc) is 2.85. The fraction of sp³-hybridized carbons (Fsp3) is 0.182. The fourth-order valence-electron chi connectivity index (χ4n) is 1.40. The Kier molecular flexibility index (Phi) is 4.33. The van der Waals surface area contributed by atoms with Crippen LogP contribution in [0.15, 0.2) is 35.1 Å². The Bertz CT molecular complexity index is 544. The van der Waals surface area contributed by atoms with E-state index in [1.807, 2.05) is 0 Å². The van der Waals surface area contributed by atoms with E-state index in [9.17, 15) is 4.79 Å². The van der Waals surface area contributed by atoms with E-state index < -0.39 is 0 Å². The number of carbonyl (C=O) groups excluding carboxylic acids is 1. The molecule has 0 spiro atoms. The molecule has 94 valence electrons. The van der Waals surface area contributed by atoms with Crippen molar-refractivity contribution in [1.82, 2.24) is 20.3 Å². The second-order valence-corrected chi connectivity index (χ2v) is 4.87. The molecule has 2 rings (SSSR count). The average molecular weight is 330 g/mol. The van der Waals surface area contributed by atoms with E-state index in [1.54, 1.807) is 35.3 Å². The third-order valence-electron chi connectivity index (χ3n) is 2.27. The summed E-state index contributed by atoms with van der Waals surface area (Å²) in [6, 6.07) is 5.15. The maximum absolute atomic E-state index is 11.9. The lowest BCUT2D eigenvalue weighted by atomic mass is 10.2. The number of aromatic nitrogens is 3. The highest BCUT2D eigenvalue weighted by Gasteiger charge is 2.10. The van der Waals surface area contributed by atoms with Crippen LogP contribution in [0.2, 0.25) is 5.02 Å². The first-order valence-corrected chi connectivity index (χ1v) is 6.41. The van der Waals surface area contributed by atoms with Crippen LogP contribution in [-0.4, -0.2) is 27.4 Å². The molecule has 1 amide bonds. The highest BCUT2D eigenvalue weighted by atomic mass is 79.9. The Balaban J connectivity index is 1.93. The van der Waals surface area contributed by atoms with Crippen molar-refractivity contribution in [3.8, 4) is 0 Å². The molecule has 1 N–H and O–H groups in total. The number of carbonyl (C=O) groups is 1. The first-order chi connectivity index (χ1) is 8.66. The summed E-state index contributed by atoms with van der Waals surface area (Å²) in [6.07, 6.45) is 3.32. The van der Waals surface area contributed by atoms with Gasteiger partial charge in [-0.3, -0.25) is 9.48 Å². The topological polar surface area (TPSA) is 59.8 Å². The molecule has 2 aromatic rings. The van der Waals surface area contributed by atoms with E-state index in [-0.39, 0.29) is 5.91 Å². The molecular formula is C11H10BrClN4O. The number of benzene rings is 1. The molecule has 5 nitrogen and oxygen atoms in total. The van der Waals surface area contributed by atoms with Gasteiger partial charge in [-0.05, 0) is 18.2 Å². The number of nitrogens with one attached hydrogen (secondary N) is 1. The zero-order chi connectivity index (χ0) is 13.0. The lowest BCUT2D eigenvalue weighted by Gasteiger charge is -2.07. The molecule has 0 saturated heterocycles. The highest BCUT2D eigenvalue weighted by molar-refractivity contribution is 9.10. The molecule has 0 bridgehead atoms. The van der Waals surface area contributed by atoms with E-state index >= 15 is 0 Å². The third-order valence-corrected chi connectivity index (χ3v) is 3.09. The zero-order valence-electron chi connectivity index (χ0n) is 9.31. The lowest BCUT2D eigenvalue weighted by molar-refractivity contribution is 0.0952. The molecule has 1 heterocycles.